The molecule has 0 bridgehead atoms. The average Bonchev–Trinajstić information content (AvgIpc) is 3.11. The Morgan fingerprint density at radius 1 is 1.52 bits per heavy atom. The molecule has 1 aliphatic carbocycles. The Kier molecular flexibility index (Phi) is 3.93. The van der Waals surface area contributed by atoms with E-state index in [0.29, 0.717) is 23.0 Å². The number of nitrogens with one attached hydrogen (secondary N) is 1. The van der Waals surface area contributed by atoms with Gasteiger partial charge in [0.25, 0.3) is 5.91 Å². The lowest BCUT2D eigenvalue weighted by Gasteiger charge is -2.18. The molecule has 2 heterocycles. The predicted octanol–water partition coefficient (Wildman–Crippen LogP) is 2.97. The van der Waals surface area contributed by atoms with Crippen molar-refractivity contribution in [3.8, 4) is 0 Å². The van der Waals surface area contributed by atoms with E-state index in [0.717, 1.165) is 19.0 Å². The number of carbonyl (C=O) groups is 1. The van der Waals surface area contributed by atoms with Crippen molar-refractivity contribution in [2.24, 2.45) is 5.92 Å². The van der Waals surface area contributed by atoms with Crippen molar-refractivity contribution in [3.05, 3.63) is 23.1 Å². The number of nitrogens with two attached hydrogens (primary N) is 1. The van der Waals surface area contributed by atoms with E-state index in [-0.39, 0.29) is 5.91 Å². The molecule has 2 aliphatic rings. The summed E-state index contributed by atoms with van der Waals surface area (Å²) in [7, 11) is 0. The Hall–Kier alpha value is -1.49. The SMILES string of the molecule is C=CCNC(=O)c1sc(N2CCC(C)C2)c(C2CC2)c1N. The maximum atomic E-state index is 12.3. The maximum absolute atomic E-state index is 12.3. The summed E-state index contributed by atoms with van der Waals surface area (Å²) >= 11 is 1.57. The molecule has 114 valence electrons. The molecule has 3 N–H and O–H groups in total. The molecule has 0 radical (unpaired) electrons. The lowest BCUT2D eigenvalue weighted by Crippen LogP contribution is -2.23. The molecule has 3 rings (SSSR count). The summed E-state index contributed by atoms with van der Waals surface area (Å²) in [6.07, 6.45) is 5.31. The molecule has 1 aromatic heterocycles. The van der Waals surface area contributed by atoms with Crippen molar-refractivity contribution < 1.29 is 4.79 Å². The standard InChI is InChI=1S/C16H23N3OS/c1-3-7-18-15(20)14-13(17)12(11-4-5-11)16(21-14)19-8-6-10(2)9-19/h3,10-11H,1,4-9,17H2,2H3,(H,18,20). The third-order valence-corrected chi connectivity index (χ3v) is 5.55. The first-order chi connectivity index (χ1) is 10.1. The zero-order valence-corrected chi connectivity index (χ0v) is 13.3. The molecule has 1 unspecified atom stereocenters. The van der Waals surface area contributed by atoms with E-state index in [1.807, 2.05) is 0 Å². The van der Waals surface area contributed by atoms with E-state index in [4.69, 9.17) is 5.73 Å². The minimum atomic E-state index is -0.0715. The molecule has 0 aromatic carbocycles. The van der Waals surface area contributed by atoms with Crippen molar-refractivity contribution in [2.45, 2.75) is 32.1 Å². The second-order valence-corrected chi connectivity index (χ2v) is 7.18. The van der Waals surface area contributed by atoms with Crippen molar-refractivity contribution in [1.29, 1.82) is 0 Å². The first-order valence-electron chi connectivity index (χ1n) is 7.68. The normalized spacial score (nSPS) is 21.6. The Labute approximate surface area is 130 Å². The maximum Gasteiger partial charge on any atom is 0.263 e. The summed E-state index contributed by atoms with van der Waals surface area (Å²) in [5.74, 6) is 1.21. The molecule has 1 amide bonds. The molecule has 21 heavy (non-hydrogen) atoms. The first-order valence-corrected chi connectivity index (χ1v) is 8.49. The Bertz CT molecular complexity index is 562. The minimum absolute atomic E-state index is 0.0715. The van der Waals surface area contributed by atoms with Crippen molar-refractivity contribution >= 4 is 27.9 Å². The van der Waals surface area contributed by atoms with Crippen molar-refractivity contribution in [2.75, 3.05) is 30.3 Å². The number of nitrogens with zero attached hydrogens (tertiary/aromatic N) is 1. The van der Waals surface area contributed by atoms with E-state index in [1.54, 1.807) is 17.4 Å². The highest BCUT2D eigenvalue weighted by atomic mass is 32.1. The molecule has 4 nitrogen and oxygen atoms in total. The molecular formula is C16H23N3OS. The number of hydrogen-bond acceptors (Lipinski definition) is 4. The second kappa shape index (κ2) is 5.72. The van der Waals surface area contributed by atoms with Crippen molar-refractivity contribution in [1.82, 2.24) is 5.32 Å². The number of amides is 1. The van der Waals surface area contributed by atoms with Crippen LogP contribution in [0.4, 0.5) is 10.7 Å². The van der Waals surface area contributed by atoms with E-state index >= 15 is 0 Å². The fourth-order valence-corrected chi connectivity index (χ4v) is 4.24. The minimum Gasteiger partial charge on any atom is -0.397 e. The third-order valence-electron chi connectivity index (χ3n) is 4.27. The average molecular weight is 305 g/mol. The summed E-state index contributed by atoms with van der Waals surface area (Å²) in [5, 5.41) is 4.08. The second-order valence-electron chi connectivity index (χ2n) is 6.18. The summed E-state index contributed by atoms with van der Waals surface area (Å²) < 4.78 is 0. The van der Waals surface area contributed by atoms with Gasteiger partial charge in [0.15, 0.2) is 0 Å². The summed E-state index contributed by atoms with van der Waals surface area (Å²) in [6, 6.07) is 0. The van der Waals surface area contributed by atoms with Gasteiger partial charge in [-0.15, -0.1) is 17.9 Å². The number of hydrogen-bond donors (Lipinski definition) is 2. The fraction of sp³-hybridized carbons (Fsp3) is 0.562. The van der Waals surface area contributed by atoms with Crippen LogP contribution in [0.3, 0.4) is 0 Å². The predicted molar refractivity (Wildman–Crippen MR) is 89.2 cm³/mol. The Balaban J connectivity index is 1.91. The fourth-order valence-electron chi connectivity index (χ4n) is 2.98. The van der Waals surface area contributed by atoms with Crippen LogP contribution in [0.1, 0.15) is 47.3 Å². The summed E-state index contributed by atoms with van der Waals surface area (Å²) in [5.41, 5.74) is 8.26. The van der Waals surface area contributed by atoms with Gasteiger partial charge in [-0.1, -0.05) is 13.0 Å². The molecule has 1 aromatic rings. The van der Waals surface area contributed by atoms with E-state index in [2.05, 4.69) is 23.7 Å². The van der Waals surface area contributed by atoms with Crippen LogP contribution >= 0.6 is 11.3 Å². The molecule has 1 saturated heterocycles. The molecule has 1 atom stereocenters. The van der Waals surface area contributed by atoms with Crippen LogP contribution < -0.4 is 16.0 Å². The van der Waals surface area contributed by atoms with E-state index < -0.39 is 0 Å². The van der Waals surface area contributed by atoms with Gasteiger partial charge in [-0.05, 0) is 31.1 Å². The lowest BCUT2D eigenvalue weighted by molar-refractivity contribution is 0.0963. The Morgan fingerprint density at radius 3 is 2.86 bits per heavy atom. The monoisotopic (exact) mass is 305 g/mol. The Morgan fingerprint density at radius 2 is 2.29 bits per heavy atom. The number of nitrogen functional groups attached to an aromatic ring is 1. The topological polar surface area (TPSA) is 58.4 Å². The quantitative estimate of drug-likeness (QED) is 0.822. The molecular weight excluding hydrogens is 282 g/mol. The van der Waals surface area contributed by atoms with E-state index in [9.17, 15) is 4.79 Å². The van der Waals surface area contributed by atoms with Crippen LogP contribution in [0.2, 0.25) is 0 Å². The van der Waals surface area contributed by atoms with Crippen LogP contribution in [-0.4, -0.2) is 25.5 Å². The van der Waals surface area contributed by atoms with Crippen LogP contribution in [0, 0.1) is 5.92 Å². The van der Waals surface area contributed by atoms with Gasteiger partial charge in [-0.2, -0.15) is 0 Å². The number of thiophene rings is 1. The van der Waals surface area contributed by atoms with Crippen LogP contribution in [0.25, 0.3) is 0 Å². The molecule has 5 heteroatoms. The highest BCUT2D eigenvalue weighted by Gasteiger charge is 2.35. The molecule has 2 fully saturated rings. The molecule has 1 saturated carbocycles. The van der Waals surface area contributed by atoms with Gasteiger partial charge in [-0.3, -0.25) is 4.79 Å². The van der Waals surface area contributed by atoms with E-state index in [1.165, 1.54) is 29.8 Å². The number of carbonyl (C=O) groups excluding carboxylic acids is 1. The summed E-state index contributed by atoms with van der Waals surface area (Å²) in [4.78, 5) is 15.4. The smallest absolute Gasteiger partial charge is 0.263 e. The zero-order chi connectivity index (χ0) is 15.0. The molecule has 0 spiro atoms. The van der Waals surface area contributed by atoms with Gasteiger partial charge >= 0.3 is 0 Å². The third kappa shape index (κ3) is 2.79. The van der Waals surface area contributed by atoms with Gasteiger partial charge in [0, 0.05) is 25.2 Å². The first kappa shape index (κ1) is 14.4. The lowest BCUT2D eigenvalue weighted by atomic mass is 10.1. The van der Waals surface area contributed by atoms with Crippen LogP contribution in [0.5, 0.6) is 0 Å². The highest BCUT2D eigenvalue weighted by Crippen LogP contribution is 2.52. The van der Waals surface area contributed by atoms with Crippen molar-refractivity contribution in [3.63, 3.8) is 0 Å². The largest absolute Gasteiger partial charge is 0.397 e. The number of rotatable bonds is 5. The van der Waals surface area contributed by atoms with Gasteiger partial charge < -0.3 is 16.0 Å². The zero-order valence-electron chi connectivity index (χ0n) is 12.5. The molecule has 1 aliphatic heterocycles. The van der Waals surface area contributed by atoms with Gasteiger partial charge in [0.1, 0.15) is 4.88 Å². The van der Waals surface area contributed by atoms with Gasteiger partial charge in [0.05, 0.1) is 10.7 Å². The summed E-state index contributed by atoms with van der Waals surface area (Å²) in [6.45, 7) is 8.55. The highest BCUT2D eigenvalue weighted by molar-refractivity contribution is 7.18. The van der Waals surface area contributed by atoms with Gasteiger partial charge in [-0.25, -0.2) is 0 Å². The van der Waals surface area contributed by atoms with Crippen LogP contribution in [-0.2, 0) is 0 Å². The van der Waals surface area contributed by atoms with Crippen LogP contribution in [0.15, 0.2) is 12.7 Å². The number of anilines is 2. The van der Waals surface area contributed by atoms with Gasteiger partial charge in [0.2, 0.25) is 0 Å².